The van der Waals surface area contributed by atoms with Crippen LogP contribution in [0.4, 0.5) is 0 Å². The van der Waals surface area contributed by atoms with Crippen LogP contribution in [0, 0.1) is 0 Å². The lowest BCUT2D eigenvalue weighted by atomic mass is 10.7. The number of hydrogen-bond acceptors (Lipinski definition) is 2. The first-order chi connectivity index (χ1) is 4.84. The van der Waals surface area contributed by atoms with Gasteiger partial charge in [0.25, 0.3) is 0 Å². The lowest BCUT2D eigenvalue weighted by Gasteiger charge is -2.00. The summed E-state index contributed by atoms with van der Waals surface area (Å²) < 4.78 is 6.69. The largest absolute Gasteiger partial charge is 0.383 e. The minimum absolute atomic E-state index is 0.511. The molecule has 0 N–H and O–H groups in total. The van der Waals surface area contributed by atoms with E-state index in [9.17, 15) is 0 Å². The van der Waals surface area contributed by atoms with E-state index in [0.29, 0.717) is 11.9 Å². The minimum Gasteiger partial charge on any atom is -0.383 e. The number of imidazole rings is 1. The molecule has 0 spiro atoms. The molecule has 1 aromatic rings. The number of aromatic nitrogens is 2. The summed E-state index contributed by atoms with van der Waals surface area (Å²) in [6, 6.07) is 0. The van der Waals surface area contributed by atoms with Gasteiger partial charge in [-0.3, -0.25) is 0 Å². The molecule has 0 amide bonds. The van der Waals surface area contributed by atoms with Crippen molar-refractivity contribution in [2.45, 2.75) is 6.54 Å². The van der Waals surface area contributed by atoms with Crippen LogP contribution in [-0.2, 0) is 11.3 Å². The topological polar surface area (TPSA) is 27.1 Å². The molecule has 0 saturated heterocycles. The van der Waals surface area contributed by atoms with Gasteiger partial charge < -0.3 is 9.30 Å². The van der Waals surface area contributed by atoms with E-state index in [1.807, 2.05) is 10.8 Å². The zero-order chi connectivity index (χ0) is 7.40. The Bertz CT molecular complexity index is 199. The molecule has 0 aliphatic carbocycles. The van der Waals surface area contributed by atoms with Gasteiger partial charge in [-0.25, -0.2) is 4.98 Å². The lowest BCUT2D eigenvalue weighted by molar-refractivity contribution is 0.187. The molecule has 1 heterocycles. The van der Waals surface area contributed by atoms with Crippen LogP contribution in [0.1, 0.15) is 0 Å². The second-order valence-electron chi connectivity index (χ2n) is 1.88. The van der Waals surface area contributed by atoms with Crippen LogP contribution in [0.3, 0.4) is 0 Å². The summed E-state index contributed by atoms with van der Waals surface area (Å²) in [7, 11) is 1.66. The van der Waals surface area contributed by atoms with E-state index in [4.69, 9.17) is 16.3 Å². The van der Waals surface area contributed by atoms with E-state index < -0.39 is 0 Å². The predicted octanol–water partition coefficient (Wildman–Crippen LogP) is 1.18. The van der Waals surface area contributed by atoms with Crippen LogP contribution in [0.2, 0.25) is 5.28 Å². The molecule has 3 nitrogen and oxygen atoms in total. The third-order valence-electron chi connectivity index (χ3n) is 1.20. The summed E-state index contributed by atoms with van der Waals surface area (Å²) in [5.74, 6) is 0. The van der Waals surface area contributed by atoms with Crippen LogP contribution in [-0.4, -0.2) is 23.3 Å². The molecule has 0 unspecified atom stereocenters. The van der Waals surface area contributed by atoms with Crippen molar-refractivity contribution in [3.63, 3.8) is 0 Å². The molecule has 4 heteroatoms. The van der Waals surface area contributed by atoms with E-state index in [-0.39, 0.29) is 0 Å². The highest BCUT2D eigenvalue weighted by Crippen LogP contribution is 2.03. The molecule has 0 saturated carbocycles. The molecule has 0 aliphatic heterocycles. The normalized spacial score (nSPS) is 10.2. The second kappa shape index (κ2) is 3.58. The summed E-state index contributed by atoms with van der Waals surface area (Å²) in [6.07, 6.45) is 3.49. The van der Waals surface area contributed by atoms with Crippen molar-refractivity contribution in [2.75, 3.05) is 13.7 Å². The number of rotatable bonds is 3. The molecule has 0 bridgehead atoms. The first kappa shape index (κ1) is 7.57. The number of methoxy groups -OCH3 is 1. The van der Waals surface area contributed by atoms with E-state index in [0.717, 1.165) is 6.54 Å². The van der Waals surface area contributed by atoms with Crippen molar-refractivity contribution in [2.24, 2.45) is 0 Å². The fraction of sp³-hybridized carbons (Fsp3) is 0.500. The van der Waals surface area contributed by atoms with Gasteiger partial charge in [-0.1, -0.05) is 0 Å². The highest BCUT2D eigenvalue weighted by Gasteiger charge is 1.95. The van der Waals surface area contributed by atoms with Gasteiger partial charge in [0.05, 0.1) is 6.61 Å². The van der Waals surface area contributed by atoms with Crippen LogP contribution in [0.5, 0.6) is 0 Å². The van der Waals surface area contributed by atoms with Crippen molar-refractivity contribution >= 4 is 11.6 Å². The highest BCUT2D eigenvalue weighted by atomic mass is 35.5. The minimum atomic E-state index is 0.511. The average molecular weight is 161 g/mol. The number of nitrogens with zero attached hydrogens (tertiary/aromatic N) is 2. The number of ether oxygens (including phenoxy) is 1. The molecule has 0 aromatic carbocycles. The predicted molar refractivity (Wildman–Crippen MR) is 39.1 cm³/mol. The summed E-state index contributed by atoms with van der Waals surface area (Å²) in [4.78, 5) is 3.84. The monoisotopic (exact) mass is 160 g/mol. The summed E-state index contributed by atoms with van der Waals surface area (Å²) >= 11 is 5.67. The average Bonchev–Trinajstić information content (AvgIpc) is 2.31. The second-order valence-corrected chi connectivity index (χ2v) is 2.22. The molecule has 56 valence electrons. The lowest BCUT2D eigenvalue weighted by Crippen LogP contribution is -2.02. The van der Waals surface area contributed by atoms with Crippen molar-refractivity contribution in [1.82, 2.24) is 9.55 Å². The maximum Gasteiger partial charge on any atom is 0.202 e. The molecule has 1 rings (SSSR count). The fourth-order valence-corrected chi connectivity index (χ4v) is 0.865. The number of halogens is 1. The van der Waals surface area contributed by atoms with Gasteiger partial charge in [0.1, 0.15) is 0 Å². The van der Waals surface area contributed by atoms with Crippen LogP contribution in [0.15, 0.2) is 12.4 Å². The third kappa shape index (κ3) is 1.72. The Kier molecular flexibility index (Phi) is 2.71. The van der Waals surface area contributed by atoms with E-state index >= 15 is 0 Å². The summed E-state index contributed by atoms with van der Waals surface area (Å²) in [5.41, 5.74) is 0. The Morgan fingerprint density at radius 3 is 3.10 bits per heavy atom. The molecule has 10 heavy (non-hydrogen) atoms. The standard InChI is InChI=1S/C6H9ClN2O/c1-10-5-4-9-3-2-8-6(9)7/h2-3H,4-5H2,1H3. The van der Waals surface area contributed by atoms with Gasteiger partial charge in [0, 0.05) is 26.0 Å². The van der Waals surface area contributed by atoms with Gasteiger partial charge in [0.2, 0.25) is 5.28 Å². The van der Waals surface area contributed by atoms with Crippen molar-refractivity contribution in [3.8, 4) is 0 Å². The van der Waals surface area contributed by atoms with Crippen molar-refractivity contribution in [3.05, 3.63) is 17.7 Å². The molecule has 1 aromatic heterocycles. The molecule has 0 atom stereocenters. The summed E-state index contributed by atoms with van der Waals surface area (Å²) in [6.45, 7) is 1.42. The van der Waals surface area contributed by atoms with Crippen molar-refractivity contribution < 1.29 is 4.74 Å². The van der Waals surface area contributed by atoms with Gasteiger partial charge in [0.15, 0.2) is 0 Å². The molecule has 0 aliphatic rings. The SMILES string of the molecule is COCCn1ccnc1Cl. The van der Waals surface area contributed by atoms with Crippen molar-refractivity contribution in [1.29, 1.82) is 0 Å². The van der Waals surface area contributed by atoms with E-state index in [1.54, 1.807) is 13.3 Å². The molecular formula is C6H9ClN2O. The third-order valence-corrected chi connectivity index (χ3v) is 1.52. The van der Waals surface area contributed by atoms with Gasteiger partial charge in [-0.05, 0) is 11.6 Å². The Morgan fingerprint density at radius 1 is 1.80 bits per heavy atom. The summed E-state index contributed by atoms with van der Waals surface area (Å²) in [5, 5.41) is 0.511. The maximum atomic E-state index is 5.67. The zero-order valence-corrected chi connectivity index (χ0v) is 6.51. The first-order valence-electron chi connectivity index (χ1n) is 3.00. The Morgan fingerprint density at radius 2 is 2.60 bits per heavy atom. The van der Waals surface area contributed by atoms with E-state index in [2.05, 4.69) is 4.98 Å². The highest BCUT2D eigenvalue weighted by molar-refractivity contribution is 6.28. The maximum absolute atomic E-state index is 5.67. The van der Waals surface area contributed by atoms with E-state index in [1.165, 1.54) is 0 Å². The Labute approximate surface area is 64.6 Å². The van der Waals surface area contributed by atoms with Gasteiger partial charge >= 0.3 is 0 Å². The number of hydrogen-bond donors (Lipinski definition) is 0. The van der Waals surface area contributed by atoms with Gasteiger partial charge in [-0.2, -0.15) is 0 Å². The van der Waals surface area contributed by atoms with Gasteiger partial charge in [-0.15, -0.1) is 0 Å². The molecular weight excluding hydrogens is 152 g/mol. The van der Waals surface area contributed by atoms with Crippen LogP contribution in [0.25, 0.3) is 0 Å². The quantitative estimate of drug-likeness (QED) is 0.664. The Balaban J connectivity index is 2.49. The fourth-order valence-electron chi connectivity index (χ4n) is 0.667. The molecule has 0 fully saturated rings. The Hall–Kier alpha value is -0.540. The molecule has 0 radical (unpaired) electrons. The first-order valence-corrected chi connectivity index (χ1v) is 3.38. The van der Waals surface area contributed by atoms with Crippen LogP contribution >= 0.6 is 11.6 Å². The zero-order valence-electron chi connectivity index (χ0n) is 5.75. The smallest absolute Gasteiger partial charge is 0.202 e. The van der Waals surface area contributed by atoms with Crippen LogP contribution < -0.4 is 0 Å².